The minimum absolute atomic E-state index is 0.320. The Labute approximate surface area is 113 Å². The summed E-state index contributed by atoms with van der Waals surface area (Å²) in [5.74, 6) is 0.908. The lowest BCUT2D eigenvalue weighted by Crippen LogP contribution is -2.00. The fraction of sp³-hybridized carbons (Fsp3) is 0.308. The molecule has 0 aliphatic rings. The number of benzene rings is 1. The van der Waals surface area contributed by atoms with Crippen LogP contribution >= 0.6 is 0 Å². The first-order valence-corrected chi connectivity index (χ1v) is 7.44. The van der Waals surface area contributed by atoms with E-state index < -0.39 is 9.84 Å². The van der Waals surface area contributed by atoms with E-state index in [0.29, 0.717) is 23.7 Å². The van der Waals surface area contributed by atoms with Crippen molar-refractivity contribution in [3.63, 3.8) is 0 Å². The number of nitriles is 1. The van der Waals surface area contributed by atoms with Crippen LogP contribution in [0.2, 0.25) is 0 Å². The van der Waals surface area contributed by atoms with Crippen molar-refractivity contribution in [3.05, 3.63) is 28.7 Å². The number of methoxy groups -OCH3 is 1. The quantitative estimate of drug-likeness (QED) is 0.771. The summed E-state index contributed by atoms with van der Waals surface area (Å²) in [7, 11) is -2.10. The van der Waals surface area contributed by atoms with E-state index in [4.69, 9.17) is 14.7 Å². The molecule has 0 atom stereocenters. The molecule has 0 amide bonds. The fourth-order valence-corrected chi connectivity index (χ4v) is 2.00. The maximum Gasteiger partial charge on any atom is 0.185 e. The molecule has 0 bridgehead atoms. The van der Waals surface area contributed by atoms with Crippen molar-refractivity contribution in [2.75, 3.05) is 20.0 Å². The Hall–Kier alpha value is -2.00. The molecular weight excluding hydrogens is 266 g/mol. The van der Waals surface area contributed by atoms with Gasteiger partial charge in [-0.3, -0.25) is 0 Å². The molecule has 0 saturated carbocycles. The predicted molar refractivity (Wildman–Crippen MR) is 72.6 cm³/mol. The van der Waals surface area contributed by atoms with Gasteiger partial charge in [-0.05, 0) is 19.1 Å². The zero-order chi connectivity index (χ0) is 14.5. The van der Waals surface area contributed by atoms with E-state index in [1.54, 1.807) is 24.3 Å². The maximum absolute atomic E-state index is 11.4. The van der Waals surface area contributed by atoms with E-state index >= 15 is 0 Å². The van der Waals surface area contributed by atoms with Crippen LogP contribution in [-0.4, -0.2) is 28.4 Å². The summed E-state index contributed by atoms with van der Waals surface area (Å²) in [5, 5.41) is 8.89. The smallest absolute Gasteiger partial charge is 0.185 e. The molecule has 5 nitrogen and oxygen atoms in total. The van der Waals surface area contributed by atoms with Crippen LogP contribution in [0.25, 0.3) is 6.08 Å². The van der Waals surface area contributed by atoms with Gasteiger partial charge in [-0.2, -0.15) is 5.26 Å². The lowest BCUT2D eigenvalue weighted by atomic mass is 10.1. The van der Waals surface area contributed by atoms with Gasteiger partial charge in [-0.15, -0.1) is 0 Å². The Bertz CT molecular complexity index is 627. The molecule has 0 aliphatic carbocycles. The number of hydrogen-bond acceptors (Lipinski definition) is 5. The Morgan fingerprint density at radius 2 is 2.16 bits per heavy atom. The number of allylic oxidation sites excluding steroid dienone is 1. The zero-order valence-corrected chi connectivity index (χ0v) is 11.8. The van der Waals surface area contributed by atoms with E-state index in [1.807, 2.05) is 6.92 Å². The molecule has 0 radical (unpaired) electrons. The van der Waals surface area contributed by atoms with Crippen LogP contribution in [0.3, 0.4) is 0 Å². The molecule has 0 unspecified atom stereocenters. The third kappa shape index (κ3) is 3.73. The number of hydrogen-bond donors (Lipinski definition) is 0. The summed E-state index contributed by atoms with van der Waals surface area (Å²) < 4.78 is 33.4. The summed E-state index contributed by atoms with van der Waals surface area (Å²) >= 11 is 0. The third-order valence-electron chi connectivity index (χ3n) is 2.31. The van der Waals surface area contributed by atoms with Crippen molar-refractivity contribution in [2.45, 2.75) is 6.92 Å². The van der Waals surface area contributed by atoms with Gasteiger partial charge < -0.3 is 9.47 Å². The molecule has 1 aromatic carbocycles. The fourth-order valence-electron chi connectivity index (χ4n) is 1.50. The Morgan fingerprint density at radius 3 is 2.63 bits per heavy atom. The molecule has 0 fully saturated rings. The van der Waals surface area contributed by atoms with Crippen LogP contribution in [0.5, 0.6) is 11.5 Å². The van der Waals surface area contributed by atoms with Crippen LogP contribution in [0, 0.1) is 11.3 Å². The molecule has 6 heteroatoms. The molecule has 102 valence electrons. The second-order valence-corrected chi connectivity index (χ2v) is 5.69. The van der Waals surface area contributed by atoms with Gasteiger partial charge in [0.05, 0.1) is 13.7 Å². The summed E-state index contributed by atoms with van der Waals surface area (Å²) in [6.07, 6.45) is 2.26. The summed E-state index contributed by atoms with van der Waals surface area (Å²) in [6.45, 7) is 2.29. The summed E-state index contributed by atoms with van der Waals surface area (Å²) in [6, 6.07) is 6.75. The van der Waals surface area contributed by atoms with Gasteiger partial charge in [0, 0.05) is 11.8 Å². The van der Waals surface area contributed by atoms with E-state index in [0.717, 1.165) is 6.26 Å². The van der Waals surface area contributed by atoms with Crippen molar-refractivity contribution in [1.29, 1.82) is 5.26 Å². The number of rotatable bonds is 5. The minimum Gasteiger partial charge on any atom is -0.492 e. The van der Waals surface area contributed by atoms with Crippen molar-refractivity contribution >= 4 is 15.9 Å². The highest BCUT2D eigenvalue weighted by atomic mass is 32.2. The highest BCUT2D eigenvalue weighted by Crippen LogP contribution is 2.32. The van der Waals surface area contributed by atoms with Gasteiger partial charge in [-0.1, -0.05) is 12.1 Å². The summed E-state index contributed by atoms with van der Waals surface area (Å²) in [5.41, 5.74) is 0.482. The van der Waals surface area contributed by atoms with Gasteiger partial charge in [0.15, 0.2) is 21.3 Å². The molecule has 0 aromatic heterocycles. The monoisotopic (exact) mass is 281 g/mol. The van der Waals surface area contributed by atoms with Crippen LogP contribution in [0.4, 0.5) is 0 Å². The van der Waals surface area contributed by atoms with Crippen LogP contribution < -0.4 is 9.47 Å². The number of sulfone groups is 1. The Balaban J connectivity index is 3.40. The van der Waals surface area contributed by atoms with Crippen LogP contribution in [-0.2, 0) is 9.84 Å². The molecule has 0 spiro atoms. The molecular formula is C13H15NO4S. The Kier molecular flexibility index (Phi) is 4.95. The van der Waals surface area contributed by atoms with Gasteiger partial charge in [0.25, 0.3) is 0 Å². The van der Waals surface area contributed by atoms with Crippen LogP contribution in [0.1, 0.15) is 12.5 Å². The highest BCUT2D eigenvalue weighted by Gasteiger charge is 2.14. The molecule has 0 saturated heterocycles. The maximum atomic E-state index is 11.4. The normalized spacial score (nSPS) is 11.8. The second-order valence-electron chi connectivity index (χ2n) is 3.70. The number of para-hydroxylation sites is 1. The molecule has 0 heterocycles. The first-order chi connectivity index (χ1) is 8.93. The first kappa shape index (κ1) is 15.1. The predicted octanol–water partition coefficient (Wildman–Crippen LogP) is 2.00. The minimum atomic E-state index is -3.56. The average Bonchev–Trinajstić information content (AvgIpc) is 2.35. The average molecular weight is 281 g/mol. The zero-order valence-electron chi connectivity index (χ0n) is 11.0. The molecule has 19 heavy (non-hydrogen) atoms. The number of nitrogens with zero attached hydrogens (tertiary/aromatic N) is 1. The van der Waals surface area contributed by atoms with E-state index in [2.05, 4.69) is 0 Å². The molecule has 1 aromatic rings. The van der Waals surface area contributed by atoms with Crippen molar-refractivity contribution in [3.8, 4) is 17.6 Å². The third-order valence-corrected chi connectivity index (χ3v) is 3.32. The van der Waals surface area contributed by atoms with Gasteiger partial charge in [-0.25, -0.2) is 8.42 Å². The van der Waals surface area contributed by atoms with Crippen molar-refractivity contribution in [1.82, 2.24) is 0 Å². The molecule has 0 N–H and O–H groups in total. The standard InChI is InChI=1S/C13H15NO4S/c1-4-18-12-7-5-6-10(13(12)17-2)8-11(9-14)19(3,15)16/h5-8H,4H2,1-3H3/b11-8-. The number of ether oxygens (including phenoxy) is 2. The highest BCUT2D eigenvalue weighted by molar-refractivity contribution is 7.95. The van der Waals surface area contributed by atoms with E-state index in [9.17, 15) is 8.42 Å². The van der Waals surface area contributed by atoms with Gasteiger partial charge >= 0.3 is 0 Å². The van der Waals surface area contributed by atoms with Crippen LogP contribution in [0.15, 0.2) is 23.1 Å². The SMILES string of the molecule is CCOc1cccc(/C=C(/C#N)S(C)(=O)=O)c1OC. The largest absolute Gasteiger partial charge is 0.492 e. The molecule has 0 aliphatic heterocycles. The first-order valence-electron chi connectivity index (χ1n) is 5.55. The Morgan fingerprint density at radius 1 is 1.47 bits per heavy atom. The van der Waals surface area contributed by atoms with Crippen molar-refractivity contribution in [2.24, 2.45) is 0 Å². The van der Waals surface area contributed by atoms with Gasteiger partial charge in [0.1, 0.15) is 11.0 Å². The van der Waals surface area contributed by atoms with E-state index in [-0.39, 0.29) is 4.91 Å². The lowest BCUT2D eigenvalue weighted by molar-refractivity contribution is 0.310. The lowest BCUT2D eigenvalue weighted by Gasteiger charge is -2.11. The molecule has 1 rings (SSSR count). The summed E-state index contributed by atoms with van der Waals surface area (Å²) in [4.78, 5) is -0.320. The second kappa shape index (κ2) is 6.25. The topological polar surface area (TPSA) is 76.4 Å². The van der Waals surface area contributed by atoms with E-state index in [1.165, 1.54) is 13.2 Å². The van der Waals surface area contributed by atoms with Crippen molar-refractivity contribution < 1.29 is 17.9 Å². The van der Waals surface area contributed by atoms with Gasteiger partial charge in [0.2, 0.25) is 0 Å².